The molecular formula is C28H23BrN2O4S. The van der Waals surface area contributed by atoms with E-state index < -0.39 is 11.3 Å². The number of ether oxygens (including phenoxy) is 2. The fourth-order valence-electron chi connectivity index (χ4n) is 4.41. The van der Waals surface area contributed by atoms with E-state index in [2.05, 4.69) is 45.6 Å². The first kappa shape index (κ1) is 24.2. The molecule has 1 aliphatic heterocycles. The Labute approximate surface area is 221 Å². The van der Waals surface area contributed by atoms with Crippen molar-refractivity contribution in [1.82, 2.24) is 10.4 Å². The molecule has 1 heterocycles. The summed E-state index contributed by atoms with van der Waals surface area (Å²) in [6, 6.07) is 25.3. The number of thioether (sulfide) groups is 1. The second-order valence-electron chi connectivity index (χ2n) is 8.16. The van der Waals surface area contributed by atoms with Gasteiger partial charge in [0.15, 0.2) is 0 Å². The largest absolute Gasteiger partial charge is 0.497 e. The van der Waals surface area contributed by atoms with Gasteiger partial charge in [0.2, 0.25) is 0 Å². The quantitative estimate of drug-likeness (QED) is 0.303. The third kappa shape index (κ3) is 4.42. The summed E-state index contributed by atoms with van der Waals surface area (Å²) in [5.41, 5.74) is 6.01. The minimum absolute atomic E-state index is 0.188. The maximum atomic E-state index is 13.3. The van der Waals surface area contributed by atoms with Crippen LogP contribution in [0.25, 0.3) is 21.9 Å². The van der Waals surface area contributed by atoms with E-state index in [-0.39, 0.29) is 11.7 Å². The molecule has 0 aliphatic carbocycles. The minimum Gasteiger partial charge on any atom is -0.497 e. The Balaban J connectivity index is 1.59. The van der Waals surface area contributed by atoms with Gasteiger partial charge in [-0.3, -0.25) is 15.0 Å². The molecule has 6 nitrogen and oxygen atoms in total. The first-order valence-electron chi connectivity index (χ1n) is 11.2. The van der Waals surface area contributed by atoms with Crippen molar-refractivity contribution >= 4 is 50.3 Å². The summed E-state index contributed by atoms with van der Waals surface area (Å²) in [4.78, 5) is 26.3. The van der Waals surface area contributed by atoms with Crippen molar-refractivity contribution in [3.05, 3.63) is 94.5 Å². The first-order chi connectivity index (χ1) is 17.5. The predicted octanol–water partition coefficient (Wildman–Crippen LogP) is 6.21. The Hall–Kier alpha value is -3.49. The van der Waals surface area contributed by atoms with Crippen molar-refractivity contribution in [2.45, 2.75) is 5.37 Å². The molecular weight excluding hydrogens is 540 g/mol. The average molecular weight is 563 g/mol. The van der Waals surface area contributed by atoms with Crippen molar-refractivity contribution in [2.24, 2.45) is 0 Å². The fourth-order valence-corrected chi connectivity index (χ4v) is 6.00. The van der Waals surface area contributed by atoms with Gasteiger partial charge in [0.1, 0.15) is 16.9 Å². The van der Waals surface area contributed by atoms with Crippen LogP contribution in [-0.4, -0.2) is 36.8 Å². The molecule has 1 aliphatic rings. The van der Waals surface area contributed by atoms with Crippen molar-refractivity contribution < 1.29 is 19.1 Å². The number of hydrogen-bond donors (Lipinski definition) is 1. The molecule has 0 saturated carbocycles. The van der Waals surface area contributed by atoms with Crippen molar-refractivity contribution in [3.8, 4) is 22.6 Å². The number of methoxy groups -OCH3 is 2. The Morgan fingerprint density at radius 2 is 1.72 bits per heavy atom. The number of nitrogens with zero attached hydrogens (tertiary/aromatic N) is 1. The highest BCUT2D eigenvalue weighted by Crippen LogP contribution is 2.47. The summed E-state index contributed by atoms with van der Waals surface area (Å²) in [6.45, 7) is 0. The highest BCUT2D eigenvalue weighted by Gasteiger charge is 2.38. The molecule has 1 saturated heterocycles. The number of carbonyl (C=O) groups excluding carboxylic acids is 2. The van der Waals surface area contributed by atoms with Crippen LogP contribution in [0.5, 0.6) is 11.5 Å². The van der Waals surface area contributed by atoms with Gasteiger partial charge >= 0.3 is 0 Å². The zero-order valence-electron chi connectivity index (χ0n) is 19.7. The van der Waals surface area contributed by atoms with Crippen LogP contribution in [0.15, 0.2) is 83.3 Å². The van der Waals surface area contributed by atoms with E-state index in [0.717, 1.165) is 27.5 Å². The van der Waals surface area contributed by atoms with Gasteiger partial charge in [0.25, 0.3) is 11.8 Å². The molecule has 1 unspecified atom stereocenters. The van der Waals surface area contributed by atoms with Gasteiger partial charge in [-0.25, -0.2) is 5.01 Å². The molecule has 4 aromatic rings. The third-order valence-electron chi connectivity index (χ3n) is 6.12. The molecule has 1 N–H and O–H groups in total. The van der Waals surface area contributed by atoms with E-state index >= 15 is 0 Å². The third-order valence-corrected chi connectivity index (χ3v) is 7.99. The number of carbonyl (C=O) groups is 2. The summed E-state index contributed by atoms with van der Waals surface area (Å²) in [7, 11) is 3.15. The number of nitrogens with one attached hydrogen (secondary N) is 1. The van der Waals surface area contributed by atoms with Gasteiger partial charge in [-0.2, -0.15) is 0 Å². The Morgan fingerprint density at radius 1 is 0.972 bits per heavy atom. The number of hydrazine groups is 1. The van der Waals surface area contributed by atoms with Crippen molar-refractivity contribution in [1.29, 1.82) is 0 Å². The topological polar surface area (TPSA) is 67.9 Å². The zero-order valence-corrected chi connectivity index (χ0v) is 22.1. The van der Waals surface area contributed by atoms with Crippen LogP contribution >= 0.6 is 27.7 Å². The minimum atomic E-state index is -0.476. The molecule has 2 amide bonds. The van der Waals surface area contributed by atoms with Crippen LogP contribution in [0.3, 0.4) is 0 Å². The molecule has 0 aromatic heterocycles. The molecule has 5 rings (SSSR count). The molecule has 1 atom stereocenters. The van der Waals surface area contributed by atoms with Crippen LogP contribution in [0.4, 0.5) is 0 Å². The van der Waals surface area contributed by atoms with Crippen molar-refractivity contribution in [3.63, 3.8) is 0 Å². The SMILES string of the molecule is COc1ccc(Br)c(C(=O)NN2C(=O)CSC2c2c(OC)cccc2-c2cccc3ccccc23)c1. The zero-order chi connectivity index (χ0) is 25.2. The van der Waals surface area contributed by atoms with Gasteiger partial charge in [-0.15, -0.1) is 11.8 Å². The molecule has 0 bridgehead atoms. The van der Waals surface area contributed by atoms with Crippen LogP contribution in [0.2, 0.25) is 0 Å². The smallest absolute Gasteiger partial charge is 0.271 e. The second kappa shape index (κ2) is 10.2. The van der Waals surface area contributed by atoms with Gasteiger partial charge in [0.05, 0.1) is 25.5 Å². The monoisotopic (exact) mass is 562 g/mol. The van der Waals surface area contributed by atoms with Crippen LogP contribution < -0.4 is 14.9 Å². The number of benzene rings is 4. The predicted molar refractivity (Wildman–Crippen MR) is 146 cm³/mol. The summed E-state index contributed by atoms with van der Waals surface area (Å²) >= 11 is 4.88. The van der Waals surface area contributed by atoms with Crippen LogP contribution in [-0.2, 0) is 4.79 Å². The second-order valence-corrected chi connectivity index (χ2v) is 10.1. The molecule has 0 spiro atoms. The van der Waals surface area contributed by atoms with Gasteiger partial charge in [0, 0.05) is 10.0 Å². The van der Waals surface area contributed by atoms with E-state index in [1.807, 2.05) is 36.4 Å². The normalized spacial score (nSPS) is 15.2. The van der Waals surface area contributed by atoms with E-state index in [1.165, 1.54) is 23.9 Å². The van der Waals surface area contributed by atoms with E-state index in [1.54, 1.807) is 25.3 Å². The van der Waals surface area contributed by atoms with E-state index in [9.17, 15) is 9.59 Å². The van der Waals surface area contributed by atoms with Crippen LogP contribution in [0.1, 0.15) is 21.3 Å². The number of rotatable bonds is 6. The average Bonchev–Trinajstić information content (AvgIpc) is 3.27. The standard InChI is InChI=1S/C28H23BrN2O4S/c1-34-18-13-14-23(29)22(15-18)27(33)30-31-25(32)16-36-28(31)26-21(11-6-12-24(26)35-2)20-10-5-8-17-7-3-4-9-19(17)20/h3-15,28H,16H2,1-2H3,(H,30,33). The Bertz CT molecular complexity index is 1470. The lowest BCUT2D eigenvalue weighted by Crippen LogP contribution is -2.44. The summed E-state index contributed by atoms with van der Waals surface area (Å²) in [5, 5.41) is 3.15. The lowest BCUT2D eigenvalue weighted by molar-refractivity contribution is -0.130. The van der Waals surface area contributed by atoms with Crippen molar-refractivity contribution in [2.75, 3.05) is 20.0 Å². The number of halogens is 1. The number of fused-ring (bicyclic) bond motifs is 1. The highest BCUT2D eigenvalue weighted by atomic mass is 79.9. The van der Waals surface area contributed by atoms with E-state index in [0.29, 0.717) is 21.5 Å². The molecule has 4 aromatic carbocycles. The highest BCUT2D eigenvalue weighted by molar-refractivity contribution is 9.10. The number of amides is 2. The van der Waals surface area contributed by atoms with Gasteiger partial charge < -0.3 is 9.47 Å². The maximum Gasteiger partial charge on any atom is 0.271 e. The number of hydrogen-bond acceptors (Lipinski definition) is 5. The molecule has 1 fully saturated rings. The van der Waals surface area contributed by atoms with Gasteiger partial charge in [-0.1, -0.05) is 54.6 Å². The van der Waals surface area contributed by atoms with E-state index in [4.69, 9.17) is 9.47 Å². The molecule has 0 radical (unpaired) electrons. The summed E-state index contributed by atoms with van der Waals surface area (Å²) < 4.78 is 11.6. The molecule has 36 heavy (non-hydrogen) atoms. The fraction of sp³-hybridized carbons (Fsp3) is 0.143. The molecule has 8 heteroatoms. The lowest BCUT2D eigenvalue weighted by Gasteiger charge is -2.28. The molecule has 182 valence electrons. The Kier molecular flexibility index (Phi) is 6.89. The maximum absolute atomic E-state index is 13.3. The van der Waals surface area contributed by atoms with Gasteiger partial charge in [-0.05, 0) is 62.1 Å². The summed E-state index contributed by atoms with van der Waals surface area (Å²) in [6.07, 6.45) is 0. The summed E-state index contributed by atoms with van der Waals surface area (Å²) in [5.74, 6) is 0.826. The Morgan fingerprint density at radius 3 is 2.53 bits per heavy atom. The van der Waals surface area contributed by atoms with Crippen LogP contribution in [0, 0.1) is 0 Å². The first-order valence-corrected chi connectivity index (χ1v) is 13.1. The lowest BCUT2D eigenvalue weighted by atomic mass is 9.94.